The predicted molar refractivity (Wildman–Crippen MR) is 83.4 cm³/mol. The highest BCUT2D eigenvalue weighted by Gasteiger charge is 2.34. The Balaban J connectivity index is 1.77. The molecule has 19 heavy (non-hydrogen) atoms. The van der Waals surface area contributed by atoms with E-state index < -0.39 is 0 Å². The monoisotopic (exact) mass is 266 g/mol. The van der Waals surface area contributed by atoms with E-state index in [9.17, 15) is 4.79 Å². The van der Waals surface area contributed by atoms with Crippen LogP contribution in [0.2, 0.25) is 0 Å². The van der Waals surface area contributed by atoms with Crippen molar-refractivity contribution in [1.82, 2.24) is 0 Å². The zero-order valence-electron chi connectivity index (χ0n) is 13.0. The topological polar surface area (TPSA) is 17.1 Å². The Hall–Kier alpha value is -0.330. The average molecular weight is 266 g/mol. The van der Waals surface area contributed by atoms with Gasteiger partial charge in [0.2, 0.25) is 0 Å². The molecule has 0 aromatic rings. The first-order valence-corrected chi connectivity index (χ1v) is 8.82. The Morgan fingerprint density at radius 3 is 1.89 bits per heavy atom. The molecule has 0 heterocycles. The molecular formula is C18H34O. The number of rotatable bonds is 14. The Morgan fingerprint density at radius 1 is 0.789 bits per heavy atom. The molecule has 1 heteroatoms. The van der Waals surface area contributed by atoms with Crippen LogP contribution in [-0.2, 0) is 4.79 Å². The molecule has 0 spiro atoms. The van der Waals surface area contributed by atoms with Gasteiger partial charge in [0.15, 0.2) is 0 Å². The second-order valence-corrected chi connectivity index (χ2v) is 6.47. The molecule has 0 saturated heterocycles. The maximum absolute atomic E-state index is 10.2. The lowest BCUT2D eigenvalue weighted by Crippen LogP contribution is -1.87. The number of carbonyl (C=O) groups excluding carboxylic acids is 1. The Kier molecular flexibility index (Phi) is 10.1. The van der Waals surface area contributed by atoms with E-state index in [1.807, 2.05) is 0 Å². The first-order valence-electron chi connectivity index (χ1n) is 8.82. The van der Waals surface area contributed by atoms with Crippen molar-refractivity contribution in [2.45, 2.75) is 96.8 Å². The molecule has 2 atom stereocenters. The summed E-state index contributed by atoms with van der Waals surface area (Å²) in [5, 5.41) is 0. The van der Waals surface area contributed by atoms with E-state index in [2.05, 4.69) is 6.92 Å². The van der Waals surface area contributed by atoms with Gasteiger partial charge < -0.3 is 4.79 Å². The Labute approximate surface area is 120 Å². The highest BCUT2D eigenvalue weighted by Crippen LogP contribution is 2.45. The standard InChI is InChI=1S/C18H34O/c1-2-3-4-7-10-13-17-16-18(17)14-11-8-5-6-9-12-15-19/h15,17-18H,2-14,16H2,1H3. The number of hydrogen-bond acceptors (Lipinski definition) is 1. The molecule has 0 aliphatic heterocycles. The Bertz CT molecular complexity index is 212. The second-order valence-electron chi connectivity index (χ2n) is 6.47. The number of aldehydes is 1. The largest absolute Gasteiger partial charge is 0.303 e. The lowest BCUT2D eigenvalue weighted by atomic mass is 10.0. The SMILES string of the molecule is CCCCCCCC1CC1CCCCCCCC=O. The summed E-state index contributed by atoms with van der Waals surface area (Å²) in [5.41, 5.74) is 0. The van der Waals surface area contributed by atoms with Crippen LogP contribution in [0.4, 0.5) is 0 Å². The summed E-state index contributed by atoms with van der Waals surface area (Å²) >= 11 is 0. The van der Waals surface area contributed by atoms with Crippen LogP contribution >= 0.6 is 0 Å². The molecule has 0 aromatic carbocycles. The summed E-state index contributed by atoms with van der Waals surface area (Å²) in [6.45, 7) is 2.29. The fourth-order valence-corrected chi connectivity index (χ4v) is 3.19. The first kappa shape index (κ1) is 16.7. The third-order valence-electron chi connectivity index (χ3n) is 4.64. The van der Waals surface area contributed by atoms with Gasteiger partial charge in [-0.05, 0) is 24.7 Å². The van der Waals surface area contributed by atoms with Gasteiger partial charge in [-0.2, -0.15) is 0 Å². The summed E-state index contributed by atoms with van der Waals surface area (Å²) in [7, 11) is 0. The minimum atomic E-state index is 0.767. The molecule has 0 N–H and O–H groups in total. The normalized spacial score (nSPS) is 21.5. The van der Waals surface area contributed by atoms with Gasteiger partial charge in [-0.25, -0.2) is 0 Å². The van der Waals surface area contributed by atoms with Crippen molar-refractivity contribution in [2.75, 3.05) is 0 Å². The maximum Gasteiger partial charge on any atom is 0.119 e. The molecule has 1 aliphatic rings. The van der Waals surface area contributed by atoms with E-state index in [-0.39, 0.29) is 0 Å². The van der Waals surface area contributed by atoms with Crippen LogP contribution in [0.1, 0.15) is 96.8 Å². The van der Waals surface area contributed by atoms with Crippen molar-refractivity contribution in [2.24, 2.45) is 11.8 Å². The van der Waals surface area contributed by atoms with Crippen molar-refractivity contribution in [1.29, 1.82) is 0 Å². The van der Waals surface area contributed by atoms with Gasteiger partial charge in [-0.1, -0.05) is 77.6 Å². The quantitative estimate of drug-likeness (QED) is 0.282. The number of hydrogen-bond donors (Lipinski definition) is 0. The van der Waals surface area contributed by atoms with Crippen molar-refractivity contribution in [3.05, 3.63) is 0 Å². The van der Waals surface area contributed by atoms with Crippen LogP contribution < -0.4 is 0 Å². The van der Waals surface area contributed by atoms with E-state index in [0.717, 1.165) is 31.0 Å². The molecule has 0 radical (unpaired) electrons. The van der Waals surface area contributed by atoms with Crippen LogP contribution in [-0.4, -0.2) is 6.29 Å². The summed E-state index contributed by atoms with van der Waals surface area (Å²) in [5.74, 6) is 2.18. The summed E-state index contributed by atoms with van der Waals surface area (Å²) in [6, 6.07) is 0. The van der Waals surface area contributed by atoms with Gasteiger partial charge in [0.25, 0.3) is 0 Å². The zero-order valence-corrected chi connectivity index (χ0v) is 13.0. The minimum Gasteiger partial charge on any atom is -0.303 e. The van der Waals surface area contributed by atoms with Crippen LogP contribution in [0.25, 0.3) is 0 Å². The molecule has 112 valence electrons. The fourth-order valence-electron chi connectivity index (χ4n) is 3.19. The lowest BCUT2D eigenvalue weighted by Gasteiger charge is -2.02. The lowest BCUT2D eigenvalue weighted by molar-refractivity contribution is -0.107. The number of carbonyl (C=O) groups is 1. The molecule has 1 fully saturated rings. The van der Waals surface area contributed by atoms with E-state index >= 15 is 0 Å². The molecular weight excluding hydrogens is 232 g/mol. The smallest absolute Gasteiger partial charge is 0.119 e. The molecule has 2 unspecified atom stereocenters. The number of unbranched alkanes of at least 4 members (excludes halogenated alkanes) is 9. The van der Waals surface area contributed by atoms with E-state index in [1.165, 1.54) is 77.0 Å². The highest BCUT2D eigenvalue weighted by molar-refractivity contribution is 5.48. The Morgan fingerprint density at radius 2 is 1.32 bits per heavy atom. The molecule has 1 nitrogen and oxygen atoms in total. The zero-order chi connectivity index (χ0) is 13.8. The van der Waals surface area contributed by atoms with Crippen molar-refractivity contribution >= 4 is 6.29 Å². The van der Waals surface area contributed by atoms with Gasteiger partial charge in [-0.3, -0.25) is 0 Å². The van der Waals surface area contributed by atoms with E-state index in [0.29, 0.717) is 0 Å². The first-order chi connectivity index (χ1) is 9.38. The van der Waals surface area contributed by atoms with Gasteiger partial charge in [0, 0.05) is 6.42 Å². The fraction of sp³-hybridized carbons (Fsp3) is 0.944. The van der Waals surface area contributed by atoms with Crippen molar-refractivity contribution in [3.8, 4) is 0 Å². The van der Waals surface area contributed by atoms with Gasteiger partial charge in [0.1, 0.15) is 6.29 Å². The molecule has 0 amide bonds. The molecule has 1 aliphatic carbocycles. The molecule has 1 saturated carbocycles. The third-order valence-corrected chi connectivity index (χ3v) is 4.64. The molecule has 0 bridgehead atoms. The highest BCUT2D eigenvalue weighted by atomic mass is 16.1. The third kappa shape index (κ3) is 9.24. The van der Waals surface area contributed by atoms with Gasteiger partial charge in [0.05, 0.1) is 0 Å². The van der Waals surface area contributed by atoms with Crippen LogP contribution in [0.15, 0.2) is 0 Å². The summed E-state index contributed by atoms with van der Waals surface area (Å²) in [4.78, 5) is 10.2. The van der Waals surface area contributed by atoms with Crippen molar-refractivity contribution < 1.29 is 4.79 Å². The van der Waals surface area contributed by atoms with Crippen LogP contribution in [0.3, 0.4) is 0 Å². The predicted octanol–water partition coefficient (Wildman–Crippen LogP) is 5.91. The molecule has 0 aromatic heterocycles. The van der Waals surface area contributed by atoms with Crippen LogP contribution in [0, 0.1) is 11.8 Å². The van der Waals surface area contributed by atoms with Crippen LogP contribution in [0.5, 0.6) is 0 Å². The summed E-state index contributed by atoms with van der Waals surface area (Å²) < 4.78 is 0. The maximum atomic E-state index is 10.2. The van der Waals surface area contributed by atoms with Gasteiger partial charge >= 0.3 is 0 Å². The average Bonchev–Trinajstić information content (AvgIpc) is 3.16. The summed E-state index contributed by atoms with van der Waals surface area (Å²) in [6.07, 6.45) is 20.0. The van der Waals surface area contributed by atoms with Crippen molar-refractivity contribution in [3.63, 3.8) is 0 Å². The molecule has 1 rings (SSSR count). The van der Waals surface area contributed by atoms with E-state index in [4.69, 9.17) is 0 Å². The van der Waals surface area contributed by atoms with E-state index in [1.54, 1.807) is 0 Å². The van der Waals surface area contributed by atoms with Gasteiger partial charge in [-0.15, -0.1) is 0 Å². The minimum absolute atomic E-state index is 0.767. The second kappa shape index (κ2) is 11.5.